The second kappa shape index (κ2) is 7.97. The van der Waals surface area contributed by atoms with Gasteiger partial charge in [-0.3, -0.25) is 4.90 Å². The summed E-state index contributed by atoms with van der Waals surface area (Å²) in [6.45, 7) is 3.16. The lowest BCUT2D eigenvalue weighted by atomic mass is 10.2. The van der Waals surface area contributed by atoms with Crippen LogP contribution in [0.5, 0.6) is 0 Å². The van der Waals surface area contributed by atoms with E-state index in [1.165, 1.54) is 5.56 Å². The molecule has 1 atom stereocenters. The van der Waals surface area contributed by atoms with Crippen LogP contribution in [-0.4, -0.2) is 42.1 Å². The summed E-state index contributed by atoms with van der Waals surface area (Å²) in [4.78, 5) is 16.4. The number of likely N-dealkylation sites (N-methyl/N-ethyl adjacent to an activating group) is 1. The van der Waals surface area contributed by atoms with E-state index in [1.807, 2.05) is 43.4 Å². The van der Waals surface area contributed by atoms with Gasteiger partial charge < -0.3 is 9.64 Å². The second-order valence-corrected chi connectivity index (χ2v) is 6.31. The molecule has 0 radical (unpaired) electrons. The van der Waals surface area contributed by atoms with Gasteiger partial charge in [0.2, 0.25) is 0 Å². The molecule has 4 heteroatoms. The number of carbonyl (C=O) groups is 1. The van der Waals surface area contributed by atoms with E-state index >= 15 is 0 Å². The Hall–Kier alpha value is -2.33. The van der Waals surface area contributed by atoms with Gasteiger partial charge in [0, 0.05) is 32.7 Å². The van der Waals surface area contributed by atoms with Crippen LogP contribution in [0.2, 0.25) is 0 Å². The molecular formula is C20H24N2O2. The van der Waals surface area contributed by atoms with Gasteiger partial charge in [-0.1, -0.05) is 60.7 Å². The van der Waals surface area contributed by atoms with E-state index in [1.54, 1.807) is 4.90 Å². The van der Waals surface area contributed by atoms with Gasteiger partial charge in [-0.25, -0.2) is 4.79 Å². The third kappa shape index (κ3) is 4.36. The Morgan fingerprint density at radius 2 is 1.71 bits per heavy atom. The monoisotopic (exact) mass is 324 g/mol. The maximum absolute atomic E-state index is 12.3. The molecule has 1 fully saturated rings. The smallest absolute Gasteiger partial charge is 0.410 e. The lowest BCUT2D eigenvalue weighted by Gasteiger charge is -2.24. The maximum atomic E-state index is 12.3. The van der Waals surface area contributed by atoms with E-state index in [0.717, 1.165) is 31.6 Å². The number of hydrogen-bond acceptors (Lipinski definition) is 3. The fourth-order valence-corrected chi connectivity index (χ4v) is 3.08. The van der Waals surface area contributed by atoms with Crippen molar-refractivity contribution in [1.82, 2.24) is 9.80 Å². The topological polar surface area (TPSA) is 32.8 Å². The Balaban J connectivity index is 1.47. The molecule has 0 spiro atoms. The number of ether oxygens (including phenoxy) is 1. The van der Waals surface area contributed by atoms with Crippen LogP contribution >= 0.6 is 0 Å². The zero-order chi connectivity index (χ0) is 16.8. The first-order chi connectivity index (χ1) is 11.7. The average Bonchev–Trinajstić information content (AvgIpc) is 3.09. The molecular weight excluding hydrogens is 300 g/mol. The fraction of sp³-hybridized carbons (Fsp3) is 0.350. The Bertz CT molecular complexity index is 645. The second-order valence-electron chi connectivity index (χ2n) is 6.31. The van der Waals surface area contributed by atoms with Crippen LogP contribution in [0.1, 0.15) is 17.5 Å². The largest absolute Gasteiger partial charge is 0.445 e. The zero-order valence-corrected chi connectivity index (χ0v) is 14.1. The molecule has 2 aromatic rings. The average molecular weight is 324 g/mol. The Labute approximate surface area is 143 Å². The van der Waals surface area contributed by atoms with Crippen molar-refractivity contribution in [3.8, 4) is 0 Å². The highest BCUT2D eigenvalue weighted by Gasteiger charge is 2.29. The number of amides is 1. The Morgan fingerprint density at radius 3 is 2.38 bits per heavy atom. The molecule has 0 aliphatic carbocycles. The first kappa shape index (κ1) is 16.5. The highest BCUT2D eigenvalue weighted by molar-refractivity contribution is 5.67. The first-order valence-corrected chi connectivity index (χ1v) is 8.42. The molecule has 1 heterocycles. The highest BCUT2D eigenvalue weighted by atomic mass is 16.6. The highest BCUT2D eigenvalue weighted by Crippen LogP contribution is 2.18. The van der Waals surface area contributed by atoms with Crippen LogP contribution in [0.4, 0.5) is 4.79 Å². The van der Waals surface area contributed by atoms with Gasteiger partial charge in [0.05, 0.1) is 0 Å². The van der Waals surface area contributed by atoms with Crippen molar-refractivity contribution in [2.75, 3.05) is 20.1 Å². The number of benzene rings is 2. The van der Waals surface area contributed by atoms with Crippen molar-refractivity contribution < 1.29 is 9.53 Å². The summed E-state index contributed by atoms with van der Waals surface area (Å²) in [5.41, 5.74) is 2.32. The molecule has 1 aliphatic heterocycles. The van der Waals surface area contributed by atoms with Crippen molar-refractivity contribution >= 4 is 6.09 Å². The van der Waals surface area contributed by atoms with Crippen molar-refractivity contribution in [2.24, 2.45) is 0 Å². The van der Waals surface area contributed by atoms with E-state index < -0.39 is 0 Å². The van der Waals surface area contributed by atoms with E-state index in [0.29, 0.717) is 6.61 Å². The fourth-order valence-electron chi connectivity index (χ4n) is 3.08. The van der Waals surface area contributed by atoms with Crippen LogP contribution in [0.25, 0.3) is 0 Å². The summed E-state index contributed by atoms with van der Waals surface area (Å²) in [6.07, 6.45) is 0.745. The summed E-state index contributed by atoms with van der Waals surface area (Å²) in [6, 6.07) is 20.5. The van der Waals surface area contributed by atoms with Crippen LogP contribution in [0.15, 0.2) is 60.7 Å². The predicted molar refractivity (Wildman–Crippen MR) is 94.5 cm³/mol. The molecule has 0 saturated carbocycles. The van der Waals surface area contributed by atoms with Crippen molar-refractivity contribution in [1.29, 1.82) is 0 Å². The zero-order valence-electron chi connectivity index (χ0n) is 14.1. The molecule has 126 valence electrons. The molecule has 1 saturated heterocycles. The molecule has 1 aliphatic rings. The molecule has 1 amide bonds. The standard InChI is InChI=1S/C20H24N2O2/c1-21(20(23)24-16-18-10-6-3-7-11-18)19-12-13-22(15-19)14-17-8-4-2-5-9-17/h2-11,19H,12-16H2,1H3. The predicted octanol–water partition coefficient (Wildman–Crippen LogP) is 3.53. The van der Waals surface area contributed by atoms with E-state index in [4.69, 9.17) is 4.74 Å². The number of likely N-dealkylation sites (tertiary alicyclic amines) is 1. The Kier molecular flexibility index (Phi) is 5.49. The lowest BCUT2D eigenvalue weighted by Crippen LogP contribution is -2.39. The number of rotatable bonds is 5. The summed E-state index contributed by atoms with van der Waals surface area (Å²) in [7, 11) is 1.84. The van der Waals surface area contributed by atoms with Crippen LogP contribution in [-0.2, 0) is 17.9 Å². The number of carbonyl (C=O) groups excluding carboxylic acids is 1. The van der Waals surface area contributed by atoms with Gasteiger partial charge >= 0.3 is 6.09 Å². The van der Waals surface area contributed by atoms with Crippen LogP contribution < -0.4 is 0 Å². The van der Waals surface area contributed by atoms with E-state index in [2.05, 4.69) is 29.2 Å². The van der Waals surface area contributed by atoms with Crippen LogP contribution in [0.3, 0.4) is 0 Å². The third-order valence-corrected chi connectivity index (χ3v) is 4.54. The van der Waals surface area contributed by atoms with Crippen molar-refractivity contribution in [2.45, 2.75) is 25.6 Å². The van der Waals surface area contributed by atoms with E-state index in [9.17, 15) is 4.79 Å². The van der Waals surface area contributed by atoms with Gasteiger partial charge in [-0.05, 0) is 17.5 Å². The quantitative estimate of drug-likeness (QED) is 0.843. The van der Waals surface area contributed by atoms with Crippen molar-refractivity contribution in [3.63, 3.8) is 0 Å². The molecule has 1 unspecified atom stereocenters. The summed E-state index contributed by atoms with van der Waals surface area (Å²) in [5.74, 6) is 0. The van der Waals surface area contributed by atoms with Gasteiger partial charge in [-0.15, -0.1) is 0 Å². The first-order valence-electron chi connectivity index (χ1n) is 8.42. The maximum Gasteiger partial charge on any atom is 0.410 e. The lowest BCUT2D eigenvalue weighted by molar-refractivity contribution is 0.0916. The molecule has 24 heavy (non-hydrogen) atoms. The molecule has 4 nitrogen and oxygen atoms in total. The third-order valence-electron chi connectivity index (χ3n) is 4.54. The molecule has 3 rings (SSSR count). The minimum Gasteiger partial charge on any atom is -0.445 e. The molecule has 2 aromatic carbocycles. The van der Waals surface area contributed by atoms with Gasteiger partial charge in [0.1, 0.15) is 6.61 Å². The molecule has 0 aromatic heterocycles. The molecule has 0 N–H and O–H groups in total. The Morgan fingerprint density at radius 1 is 1.08 bits per heavy atom. The van der Waals surface area contributed by atoms with Gasteiger partial charge in [0.25, 0.3) is 0 Å². The SMILES string of the molecule is CN(C(=O)OCc1ccccc1)C1CCN(Cc2ccccc2)C1. The van der Waals surface area contributed by atoms with Crippen LogP contribution in [0, 0.1) is 0 Å². The van der Waals surface area contributed by atoms with Gasteiger partial charge in [0.15, 0.2) is 0 Å². The normalized spacial score (nSPS) is 17.6. The number of hydrogen-bond donors (Lipinski definition) is 0. The van der Waals surface area contributed by atoms with E-state index in [-0.39, 0.29) is 12.1 Å². The minimum atomic E-state index is -0.245. The summed E-state index contributed by atoms with van der Waals surface area (Å²) < 4.78 is 5.42. The number of nitrogens with zero attached hydrogens (tertiary/aromatic N) is 2. The van der Waals surface area contributed by atoms with Crippen molar-refractivity contribution in [3.05, 3.63) is 71.8 Å². The van der Waals surface area contributed by atoms with Gasteiger partial charge in [-0.2, -0.15) is 0 Å². The minimum absolute atomic E-state index is 0.219. The molecule has 0 bridgehead atoms. The summed E-state index contributed by atoms with van der Waals surface area (Å²) >= 11 is 0. The summed E-state index contributed by atoms with van der Waals surface area (Å²) in [5, 5.41) is 0.